The lowest BCUT2D eigenvalue weighted by atomic mass is 10.3. The van der Waals surface area contributed by atoms with Gasteiger partial charge in [0.1, 0.15) is 0 Å². The molecule has 0 spiro atoms. The molecule has 0 aromatic carbocycles. The zero-order chi connectivity index (χ0) is 12.6. The molecule has 1 unspecified atom stereocenters. The van der Waals surface area contributed by atoms with Gasteiger partial charge in [0, 0.05) is 18.8 Å². The highest BCUT2D eigenvalue weighted by Gasteiger charge is 2.27. The molecule has 0 saturated heterocycles. The lowest BCUT2D eigenvalue weighted by molar-refractivity contribution is -0.122. The van der Waals surface area contributed by atoms with E-state index in [9.17, 15) is 18.0 Å². The molecule has 0 aliphatic carbocycles. The maximum Gasteiger partial charge on any atom is 0.441 e. The van der Waals surface area contributed by atoms with Gasteiger partial charge in [-0.05, 0) is 25.1 Å². The van der Waals surface area contributed by atoms with Crippen molar-refractivity contribution in [1.82, 2.24) is 10.6 Å². The highest BCUT2D eigenvalue weighted by molar-refractivity contribution is 8.00. The van der Waals surface area contributed by atoms with Crippen LogP contribution in [0.1, 0.15) is 20.3 Å². The Balaban J connectivity index is 3.57. The van der Waals surface area contributed by atoms with Crippen LogP contribution in [0.3, 0.4) is 0 Å². The molecule has 0 bridgehead atoms. The van der Waals surface area contributed by atoms with Crippen molar-refractivity contribution in [3.8, 4) is 0 Å². The molecule has 96 valence electrons. The molecule has 0 saturated carbocycles. The van der Waals surface area contributed by atoms with E-state index >= 15 is 0 Å². The molecule has 0 aliphatic rings. The zero-order valence-electron chi connectivity index (χ0n) is 9.36. The van der Waals surface area contributed by atoms with E-state index in [2.05, 4.69) is 10.6 Å². The summed E-state index contributed by atoms with van der Waals surface area (Å²) in [5.41, 5.74) is -4.20. The second kappa shape index (κ2) is 7.78. The molecule has 3 nitrogen and oxygen atoms in total. The normalized spacial score (nSPS) is 13.6. The van der Waals surface area contributed by atoms with Crippen molar-refractivity contribution < 1.29 is 18.0 Å². The first kappa shape index (κ1) is 15.6. The fraction of sp³-hybridized carbons (Fsp3) is 0.889. The van der Waals surface area contributed by atoms with E-state index in [-0.39, 0.29) is 30.0 Å². The van der Waals surface area contributed by atoms with Gasteiger partial charge in [-0.1, -0.05) is 6.92 Å². The van der Waals surface area contributed by atoms with Crippen LogP contribution < -0.4 is 10.6 Å². The van der Waals surface area contributed by atoms with Gasteiger partial charge in [-0.3, -0.25) is 4.79 Å². The molecule has 16 heavy (non-hydrogen) atoms. The molecule has 0 radical (unpaired) electrons. The largest absolute Gasteiger partial charge is 0.441 e. The molecule has 7 heteroatoms. The molecular formula is C9H17F3N2OS. The Kier molecular flexibility index (Phi) is 7.57. The molecule has 0 rings (SSSR count). The van der Waals surface area contributed by atoms with E-state index in [1.807, 2.05) is 6.92 Å². The molecule has 0 aromatic heterocycles. The van der Waals surface area contributed by atoms with E-state index in [4.69, 9.17) is 0 Å². The van der Waals surface area contributed by atoms with Gasteiger partial charge in [0.2, 0.25) is 5.91 Å². The minimum atomic E-state index is -4.20. The van der Waals surface area contributed by atoms with Gasteiger partial charge >= 0.3 is 5.51 Å². The molecule has 0 heterocycles. The first-order valence-electron chi connectivity index (χ1n) is 5.08. The number of hydrogen-bond donors (Lipinski definition) is 2. The summed E-state index contributed by atoms with van der Waals surface area (Å²) in [6.07, 6.45) is 0.836. The van der Waals surface area contributed by atoms with E-state index in [1.54, 1.807) is 6.92 Å². The van der Waals surface area contributed by atoms with Gasteiger partial charge in [-0.25, -0.2) is 0 Å². The van der Waals surface area contributed by atoms with Crippen LogP contribution in [-0.4, -0.2) is 36.3 Å². The highest BCUT2D eigenvalue weighted by atomic mass is 32.2. The fourth-order valence-electron chi connectivity index (χ4n) is 0.936. The van der Waals surface area contributed by atoms with Gasteiger partial charge in [0.25, 0.3) is 0 Å². The topological polar surface area (TPSA) is 41.1 Å². The molecule has 0 fully saturated rings. The maximum atomic E-state index is 11.8. The van der Waals surface area contributed by atoms with Crippen molar-refractivity contribution in [3.63, 3.8) is 0 Å². The number of alkyl halides is 3. The minimum Gasteiger partial charge on any atom is -0.355 e. The Morgan fingerprint density at radius 2 is 2.00 bits per heavy atom. The summed E-state index contributed by atoms with van der Waals surface area (Å²) < 4.78 is 35.3. The van der Waals surface area contributed by atoms with Crippen LogP contribution in [0.4, 0.5) is 13.2 Å². The van der Waals surface area contributed by atoms with Crippen LogP contribution in [0.25, 0.3) is 0 Å². The summed E-state index contributed by atoms with van der Waals surface area (Å²) in [7, 11) is 0. The van der Waals surface area contributed by atoms with Crippen LogP contribution in [-0.2, 0) is 4.79 Å². The maximum absolute atomic E-state index is 11.8. The second-order valence-electron chi connectivity index (χ2n) is 3.26. The van der Waals surface area contributed by atoms with Crippen molar-refractivity contribution in [1.29, 1.82) is 0 Å². The summed E-state index contributed by atoms with van der Waals surface area (Å²) >= 11 is -0.0891. The summed E-state index contributed by atoms with van der Waals surface area (Å²) in [6.45, 7) is 4.30. The Bertz CT molecular complexity index is 211. The van der Waals surface area contributed by atoms with Crippen LogP contribution in [0.5, 0.6) is 0 Å². The van der Waals surface area contributed by atoms with Gasteiger partial charge in [-0.15, -0.1) is 0 Å². The van der Waals surface area contributed by atoms with Crippen LogP contribution in [0, 0.1) is 0 Å². The van der Waals surface area contributed by atoms with E-state index in [0.29, 0.717) is 6.54 Å². The number of amides is 1. The second-order valence-corrected chi connectivity index (χ2v) is 4.42. The van der Waals surface area contributed by atoms with Gasteiger partial charge in [0.15, 0.2) is 0 Å². The number of carbonyl (C=O) groups is 1. The van der Waals surface area contributed by atoms with Gasteiger partial charge < -0.3 is 10.6 Å². The molecule has 1 atom stereocenters. The molecule has 0 aliphatic heterocycles. The smallest absolute Gasteiger partial charge is 0.355 e. The Morgan fingerprint density at radius 3 is 2.50 bits per heavy atom. The minimum absolute atomic E-state index is 0.0884. The van der Waals surface area contributed by atoms with Crippen LogP contribution in [0.2, 0.25) is 0 Å². The zero-order valence-corrected chi connectivity index (χ0v) is 10.2. The third kappa shape index (κ3) is 8.84. The first-order chi connectivity index (χ1) is 7.37. The highest BCUT2D eigenvalue weighted by Crippen LogP contribution is 2.29. The third-order valence-corrected chi connectivity index (χ3v) is 2.50. The standard InChI is InChI=1S/C9H17F3N2OS/c1-3-4-14-8(15)7(2)13-5-6-16-9(10,11)12/h7,13H,3-6H2,1-2H3,(H,14,15). The summed E-state index contributed by atoms with van der Waals surface area (Å²) in [5, 5.41) is 5.39. The Hall–Kier alpha value is -0.430. The van der Waals surface area contributed by atoms with E-state index < -0.39 is 11.6 Å². The first-order valence-corrected chi connectivity index (χ1v) is 6.07. The van der Waals surface area contributed by atoms with Gasteiger partial charge in [0.05, 0.1) is 6.04 Å². The van der Waals surface area contributed by atoms with Crippen molar-refractivity contribution in [2.75, 3.05) is 18.8 Å². The summed E-state index contributed by atoms with van der Waals surface area (Å²) in [5.74, 6) is -0.270. The number of halogens is 3. The van der Waals surface area contributed by atoms with Crippen molar-refractivity contribution in [2.24, 2.45) is 0 Å². The molecule has 2 N–H and O–H groups in total. The average molecular weight is 258 g/mol. The summed E-state index contributed by atoms with van der Waals surface area (Å²) in [6, 6.07) is -0.458. The Morgan fingerprint density at radius 1 is 1.38 bits per heavy atom. The summed E-state index contributed by atoms with van der Waals surface area (Å²) in [4.78, 5) is 11.3. The number of carbonyl (C=O) groups excluding carboxylic acids is 1. The average Bonchev–Trinajstić information content (AvgIpc) is 2.19. The fourth-order valence-corrected chi connectivity index (χ4v) is 1.39. The molecule has 1 amide bonds. The lowest BCUT2D eigenvalue weighted by Gasteiger charge is -2.13. The van der Waals surface area contributed by atoms with Crippen molar-refractivity contribution in [3.05, 3.63) is 0 Å². The molecular weight excluding hydrogens is 241 g/mol. The van der Waals surface area contributed by atoms with E-state index in [0.717, 1.165) is 6.42 Å². The molecule has 0 aromatic rings. The van der Waals surface area contributed by atoms with Crippen molar-refractivity contribution >= 4 is 17.7 Å². The quantitative estimate of drug-likeness (QED) is 0.683. The number of hydrogen-bond acceptors (Lipinski definition) is 3. The number of nitrogens with one attached hydrogen (secondary N) is 2. The SMILES string of the molecule is CCCNC(=O)C(C)NCCSC(F)(F)F. The lowest BCUT2D eigenvalue weighted by Crippen LogP contribution is -2.43. The number of thioether (sulfide) groups is 1. The monoisotopic (exact) mass is 258 g/mol. The van der Waals surface area contributed by atoms with Crippen LogP contribution in [0.15, 0.2) is 0 Å². The Labute approximate surface area is 97.5 Å². The van der Waals surface area contributed by atoms with Crippen LogP contribution >= 0.6 is 11.8 Å². The predicted molar refractivity (Wildman–Crippen MR) is 59.3 cm³/mol. The van der Waals surface area contributed by atoms with Crippen molar-refractivity contribution in [2.45, 2.75) is 31.8 Å². The predicted octanol–water partition coefficient (Wildman–Crippen LogP) is 1.74. The van der Waals surface area contributed by atoms with E-state index in [1.165, 1.54) is 0 Å². The number of rotatable bonds is 7. The van der Waals surface area contributed by atoms with Gasteiger partial charge in [-0.2, -0.15) is 13.2 Å². The third-order valence-electron chi connectivity index (χ3n) is 1.76.